The SMILES string of the molecule is CCCOCC(=O)N1C[C@H](C(=O)O)[C@@H](C2CC2)C1. The van der Waals surface area contributed by atoms with E-state index in [-0.39, 0.29) is 24.3 Å². The van der Waals surface area contributed by atoms with Gasteiger partial charge in [-0.2, -0.15) is 0 Å². The summed E-state index contributed by atoms with van der Waals surface area (Å²) in [6, 6.07) is 0. The van der Waals surface area contributed by atoms with Gasteiger partial charge in [0.1, 0.15) is 6.61 Å². The van der Waals surface area contributed by atoms with Crippen LogP contribution in [0.15, 0.2) is 0 Å². The van der Waals surface area contributed by atoms with E-state index in [9.17, 15) is 14.7 Å². The van der Waals surface area contributed by atoms with Crippen molar-refractivity contribution in [2.24, 2.45) is 17.8 Å². The number of hydrogen-bond donors (Lipinski definition) is 1. The molecule has 1 saturated heterocycles. The summed E-state index contributed by atoms with van der Waals surface area (Å²) in [5.41, 5.74) is 0. The van der Waals surface area contributed by atoms with Crippen molar-refractivity contribution in [1.82, 2.24) is 4.90 Å². The summed E-state index contributed by atoms with van der Waals surface area (Å²) in [6.07, 6.45) is 3.11. The molecule has 1 amide bonds. The van der Waals surface area contributed by atoms with Gasteiger partial charge in [0.25, 0.3) is 0 Å². The zero-order chi connectivity index (χ0) is 13.1. The Kier molecular flexibility index (Phi) is 4.22. The third kappa shape index (κ3) is 3.02. The molecule has 0 aromatic heterocycles. The molecular formula is C13H21NO4. The quantitative estimate of drug-likeness (QED) is 0.718. The lowest BCUT2D eigenvalue weighted by Crippen LogP contribution is -2.33. The minimum Gasteiger partial charge on any atom is -0.481 e. The van der Waals surface area contributed by atoms with E-state index >= 15 is 0 Å². The van der Waals surface area contributed by atoms with Crippen molar-refractivity contribution in [1.29, 1.82) is 0 Å². The normalized spacial score (nSPS) is 27.5. The van der Waals surface area contributed by atoms with E-state index in [4.69, 9.17) is 4.74 Å². The highest BCUT2D eigenvalue weighted by atomic mass is 16.5. The minimum absolute atomic E-state index is 0.0714. The molecule has 1 aliphatic carbocycles. The maximum absolute atomic E-state index is 11.9. The molecule has 1 heterocycles. The lowest BCUT2D eigenvalue weighted by atomic mass is 9.92. The summed E-state index contributed by atoms with van der Waals surface area (Å²) >= 11 is 0. The number of likely N-dealkylation sites (tertiary alicyclic amines) is 1. The number of nitrogens with zero attached hydrogens (tertiary/aromatic N) is 1. The third-order valence-electron chi connectivity index (χ3n) is 3.84. The fourth-order valence-corrected chi connectivity index (χ4v) is 2.69. The summed E-state index contributed by atoms with van der Waals surface area (Å²) in [5.74, 6) is -0.555. The standard InChI is InChI=1S/C13H21NO4/c1-2-5-18-8-12(15)14-6-10(9-3-4-9)11(7-14)13(16)17/h9-11H,2-8H2,1H3,(H,16,17)/t10-,11+/m1/s1. The zero-order valence-electron chi connectivity index (χ0n) is 10.8. The van der Waals surface area contributed by atoms with Crippen molar-refractivity contribution in [3.05, 3.63) is 0 Å². The summed E-state index contributed by atoms with van der Waals surface area (Å²) in [5, 5.41) is 9.20. The third-order valence-corrected chi connectivity index (χ3v) is 3.84. The molecule has 0 aromatic carbocycles. The Hall–Kier alpha value is -1.10. The molecule has 2 atom stereocenters. The van der Waals surface area contributed by atoms with Crippen LogP contribution in [0, 0.1) is 17.8 Å². The van der Waals surface area contributed by atoms with Crippen LogP contribution < -0.4 is 0 Å². The van der Waals surface area contributed by atoms with Gasteiger partial charge in [0.15, 0.2) is 0 Å². The Bertz CT molecular complexity index is 327. The van der Waals surface area contributed by atoms with Crippen LogP contribution >= 0.6 is 0 Å². The second-order valence-electron chi connectivity index (χ2n) is 5.30. The van der Waals surface area contributed by atoms with Crippen LogP contribution in [0.1, 0.15) is 26.2 Å². The van der Waals surface area contributed by atoms with Crippen LogP contribution in [0.2, 0.25) is 0 Å². The van der Waals surface area contributed by atoms with Gasteiger partial charge in [-0.05, 0) is 31.1 Å². The molecule has 0 bridgehead atoms. The molecule has 1 aliphatic heterocycles. The van der Waals surface area contributed by atoms with Crippen molar-refractivity contribution in [3.63, 3.8) is 0 Å². The second kappa shape index (κ2) is 5.69. The number of aliphatic carboxylic acids is 1. The number of carboxylic acid groups (broad SMARTS) is 1. The second-order valence-corrected chi connectivity index (χ2v) is 5.30. The van der Waals surface area contributed by atoms with Gasteiger partial charge in [-0.25, -0.2) is 0 Å². The topological polar surface area (TPSA) is 66.8 Å². The van der Waals surface area contributed by atoms with Gasteiger partial charge in [-0.3, -0.25) is 9.59 Å². The van der Waals surface area contributed by atoms with Gasteiger partial charge >= 0.3 is 5.97 Å². The number of carboxylic acids is 1. The molecule has 2 rings (SSSR count). The molecule has 5 nitrogen and oxygen atoms in total. The van der Waals surface area contributed by atoms with Crippen molar-refractivity contribution in [3.8, 4) is 0 Å². The van der Waals surface area contributed by atoms with Crippen LogP contribution in [0.3, 0.4) is 0 Å². The summed E-state index contributed by atoms with van der Waals surface area (Å²) in [7, 11) is 0. The molecule has 18 heavy (non-hydrogen) atoms. The largest absolute Gasteiger partial charge is 0.481 e. The zero-order valence-corrected chi connectivity index (χ0v) is 10.8. The Balaban J connectivity index is 1.87. The fourth-order valence-electron chi connectivity index (χ4n) is 2.69. The highest BCUT2D eigenvalue weighted by molar-refractivity contribution is 5.80. The van der Waals surface area contributed by atoms with E-state index in [1.54, 1.807) is 4.90 Å². The average Bonchev–Trinajstić information content (AvgIpc) is 3.07. The van der Waals surface area contributed by atoms with E-state index < -0.39 is 5.97 Å². The predicted molar refractivity (Wildman–Crippen MR) is 65.0 cm³/mol. The van der Waals surface area contributed by atoms with Crippen molar-refractivity contribution in [2.75, 3.05) is 26.3 Å². The molecule has 0 unspecified atom stereocenters. The van der Waals surface area contributed by atoms with Gasteiger partial charge in [-0.15, -0.1) is 0 Å². The Morgan fingerprint density at radius 1 is 1.33 bits per heavy atom. The van der Waals surface area contributed by atoms with E-state index in [0.717, 1.165) is 19.3 Å². The number of rotatable bonds is 6. The van der Waals surface area contributed by atoms with E-state index in [2.05, 4.69) is 0 Å². The first-order chi connectivity index (χ1) is 8.63. The highest BCUT2D eigenvalue weighted by Crippen LogP contribution is 2.44. The van der Waals surface area contributed by atoms with Gasteiger partial charge in [0.2, 0.25) is 5.91 Å². The molecular weight excluding hydrogens is 234 g/mol. The van der Waals surface area contributed by atoms with Gasteiger partial charge in [0.05, 0.1) is 5.92 Å². The molecule has 5 heteroatoms. The van der Waals surface area contributed by atoms with Crippen molar-refractivity contribution >= 4 is 11.9 Å². The smallest absolute Gasteiger partial charge is 0.308 e. The van der Waals surface area contributed by atoms with Gasteiger partial charge < -0.3 is 14.7 Å². The van der Waals surface area contributed by atoms with Crippen LogP contribution in [0.25, 0.3) is 0 Å². The van der Waals surface area contributed by atoms with Crippen molar-refractivity contribution < 1.29 is 19.4 Å². The maximum Gasteiger partial charge on any atom is 0.308 e. The number of carbonyl (C=O) groups excluding carboxylic acids is 1. The molecule has 102 valence electrons. The number of carbonyl (C=O) groups is 2. The van der Waals surface area contributed by atoms with Crippen LogP contribution in [-0.2, 0) is 14.3 Å². The monoisotopic (exact) mass is 255 g/mol. The number of amides is 1. The number of ether oxygens (including phenoxy) is 1. The van der Waals surface area contributed by atoms with Crippen molar-refractivity contribution in [2.45, 2.75) is 26.2 Å². The molecule has 0 radical (unpaired) electrons. The van der Waals surface area contributed by atoms with Gasteiger partial charge in [0, 0.05) is 19.7 Å². The first kappa shape index (κ1) is 13.3. The molecule has 2 fully saturated rings. The molecule has 1 N–H and O–H groups in total. The molecule has 0 spiro atoms. The van der Waals surface area contributed by atoms with E-state index in [0.29, 0.717) is 25.6 Å². The first-order valence-corrected chi connectivity index (χ1v) is 6.71. The molecule has 1 saturated carbocycles. The van der Waals surface area contributed by atoms with Crippen LogP contribution in [0.4, 0.5) is 0 Å². The lowest BCUT2D eigenvalue weighted by Gasteiger charge is -2.16. The predicted octanol–water partition coefficient (Wildman–Crippen LogP) is 0.982. The Labute approximate surface area is 107 Å². The Morgan fingerprint density at radius 3 is 2.61 bits per heavy atom. The fraction of sp³-hybridized carbons (Fsp3) is 0.846. The van der Waals surface area contributed by atoms with E-state index in [1.165, 1.54) is 0 Å². The van der Waals surface area contributed by atoms with E-state index in [1.807, 2.05) is 6.92 Å². The van der Waals surface area contributed by atoms with Crippen LogP contribution in [0.5, 0.6) is 0 Å². The van der Waals surface area contributed by atoms with Gasteiger partial charge in [-0.1, -0.05) is 6.92 Å². The summed E-state index contributed by atoms with van der Waals surface area (Å²) in [4.78, 5) is 24.8. The molecule has 0 aromatic rings. The molecule has 2 aliphatic rings. The van der Waals surface area contributed by atoms with Crippen LogP contribution in [-0.4, -0.2) is 48.2 Å². The lowest BCUT2D eigenvalue weighted by molar-refractivity contribution is -0.143. The maximum atomic E-state index is 11.9. The summed E-state index contributed by atoms with van der Waals surface area (Å²) < 4.78 is 5.23. The minimum atomic E-state index is -0.767. The highest BCUT2D eigenvalue weighted by Gasteiger charge is 2.46. The number of hydrogen-bond acceptors (Lipinski definition) is 3. The Morgan fingerprint density at radius 2 is 2.06 bits per heavy atom. The first-order valence-electron chi connectivity index (χ1n) is 6.71. The summed E-state index contributed by atoms with van der Waals surface area (Å²) in [6.45, 7) is 3.59. The average molecular weight is 255 g/mol.